The average molecular weight is 501 g/mol. The molecule has 0 N–H and O–H groups in total. The van der Waals surface area contributed by atoms with Gasteiger partial charge >= 0.3 is 0 Å². The molecule has 0 atom stereocenters. The van der Waals surface area contributed by atoms with Crippen LogP contribution >= 0.6 is 33.9 Å². The van der Waals surface area contributed by atoms with Crippen molar-refractivity contribution < 1.29 is 0 Å². The topological polar surface area (TPSA) is 4.93 Å². The van der Waals surface area contributed by atoms with Crippen LogP contribution in [0.1, 0.15) is 11.1 Å². The summed E-state index contributed by atoms with van der Waals surface area (Å²) in [5, 5.41) is 5.62. The minimum atomic E-state index is 1.14. The number of fused-ring (bicyclic) bond motifs is 3. The molecule has 2 heterocycles. The summed E-state index contributed by atoms with van der Waals surface area (Å²) in [5.74, 6) is 0. The monoisotopic (exact) mass is 501 g/mol. The Morgan fingerprint density at radius 2 is 1.52 bits per heavy atom. The number of benzene rings is 4. The van der Waals surface area contributed by atoms with Crippen LogP contribution in [0.5, 0.6) is 0 Å². The molecule has 1 nitrogen and oxygen atoms in total. The first kappa shape index (κ1) is 16.4. The molecule has 29 heavy (non-hydrogen) atoms. The van der Waals surface area contributed by atoms with Gasteiger partial charge in [0.25, 0.3) is 0 Å². The van der Waals surface area contributed by atoms with Crippen molar-refractivity contribution in [2.24, 2.45) is 0 Å². The smallest absolute Gasteiger partial charge is 0.0554 e. The lowest BCUT2D eigenvalue weighted by Crippen LogP contribution is -1.98. The first-order chi connectivity index (χ1) is 14.3. The van der Waals surface area contributed by atoms with Crippen molar-refractivity contribution in [3.63, 3.8) is 0 Å². The lowest BCUT2D eigenvalue weighted by atomic mass is 9.91. The molecule has 0 saturated carbocycles. The van der Waals surface area contributed by atoms with Gasteiger partial charge in [-0.2, -0.15) is 0 Å². The van der Waals surface area contributed by atoms with E-state index in [1.54, 1.807) is 0 Å². The zero-order valence-electron chi connectivity index (χ0n) is 15.6. The Morgan fingerprint density at radius 1 is 0.690 bits per heavy atom. The zero-order chi connectivity index (χ0) is 19.1. The molecule has 0 saturated heterocycles. The number of aryl methyl sites for hydroxylation is 2. The lowest BCUT2D eigenvalue weighted by molar-refractivity contribution is 0.968. The normalized spacial score (nSPS) is 13.4. The van der Waals surface area contributed by atoms with E-state index in [1.165, 1.54) is 62.4 Å². The molecule has 1 aliphatic carbocycles. The molecule has 0 bridgehead atoms. The van der Waals surface area contributed by atoms with Crippen molar-refractivity contribution in [2.75, 3.05) is 0 Å². The quantitative estimate of drug-likeness (QED) is 0.202. The highest BCUT2D eigenvalue weighted by molar-refractivity contribution is 14.1. The maximum atomic E-state index is 2.48. The van der Waals surface area contributed by atoms with Crippen LogP contribution in [-0.2, 0) is 12.8 Å². The fraction of sp³-hybridized carbons (Fsp3) is 0.0769. The van der Waals surface area contributed by atoms with Crippen LogP contribution in [0.15, 0.2) is 72.8 Å². The summed E-state index contributed by atoms with van der Waals surface area (Å²) in [6.45, 7) is 0. The van der Waals surface area contributed by atoms with Gasteiger partial charge in [0.1, 0.15) is 0 Å². The Kier molecular flexibility index (Phi) is 3.30. The molecule has 6 aromatic rings. The molecule has 0 unspecified atom stereocenters. The first-order valence-electron chi connectivity index (χ1n) is 9.94. The number of nitrogens with zero attached hydrogens (tertiary/aromatic N) is 1. The van der Waals surface area contributed by atoms with Crippen LogP contribution in [0.25, 0.3) is 47.7 Å². The second kappa shape index (κ2) is 5.83. The highest BCUT2D eigenvalue weighted by Gasteiger charge is 2.22. The second-order valence-corrected chi connectivity index (χ2v) is 10.2. The molecule has 7 rings (SSSR count). The Labute approximate surface area is 185 Å². The molecule has 138 valence electrons. The summed E-state index contributed by atoms with van der Waals surface area (Å²) in [6, 6.07) is 27.3. The van der Waals surface area contributed by atoms with Gasteiger partial charge in [0.2, 0.25) is 0 Å². The van der Waals surface area contributed by atoms with Gasteiger partial charge in [-0.05, 0) is 89.0 Å². The van der Waals surface area contributed by atoms with E-state index < -0.39 is 0 Å². The van der Waals surface area contributed by atoms with Crippen molar-refractivity contribution in [1.82, 2.24) is 4.57 Å². The summed E-state index contributed by atoms with van der Waals surface area (Å²) in [6.07, 6.45) is 2.27. The summed E-state index contributed by atoms with van der Waals surface area (Å²) >= 11 is 4.35. The fourth-order valence-electron chi connectivity index (χ4n) is 5.11. The van der Waals surface area contributed by atoms with E-state index in [9.17, 15) is 0 Å². The van der Waals surface area contributed by atoms with Crippen LogP contribution < -0.4 is 0 Å². The highest BCUT2D eigenvalue weighted by Crippen LogP contribution is 2.42. The van der Waals surface area contributed by atoms with Crippen LogP contribution in [0.4, 0.5) is 0 Å². The molecule has 2 aromatic heterocycles. The van der Waals surface area contributed by atoms with E-state index >= 15 is 0 Å². The number of hydrogen-bond acceptors (Lipinski definition) is 1. The highest BCUT2D eigenvalue weighted by atomic mass is 127. The lowest BCUT2D eigenvalue weighted by Gasteiger charge is -2.13. The molecule has 0 spiro atoms. The first-order valence-corrected chi connectivity index (χ1v) is 11.8. The number of hydrogen-bond donors (Lipinski definition) is 0. The SMILES string of the molecule is Ic1cc2c3c4c(cccc4n(-c4ccc5sc6ccccc6c5c4)c3c1)CC2. The third-order valence-corrected chi connectivity index (χ3v) is 8.08. The average Bonchev–Trinajstić information content (AvgIpc) is 3.27. The number of aromatic nitrogens is 1. The zero-order valence-corrected chi connectivity index (χ0v) is 18.5. The predicted octanol–water partition coefficient (Wildman–Crippen LogP) is 7.85. The Balaban J connectivity index is 1.66. The molecule has 0 amide bonds. The molecule has 0 radical (unpaired) electrons. The molecular weight excluding hydrogens is 485 g/mol. The second-order valence-electron chi connectivity index (χ2n) is 7.88. The van der Waals surface area contributed by atoms with Crippen LogP contribution in [0, 0.1) is 3.57 Å². The minimum absolute atomic E-state index is 1.14. The van der Waals surface area contributed by atoms with E-state index in [1.807, 2.05) is 11.3 Å². The molecular formula is C26H16INS. The van der Waals surface area contributed by atoms with Gasteiger partial charge in [-0.25, -0.2) is 0 Å². The Hall–Kier alpha value is -2.37. The van der Waals surface area contributed by atoms with Crippen LogP contribution in [0.3, 0.4) is 0 Å². The van der Waals surface area contributed by atoms with Gasteiger partial charge in [-0.3, -0.25) is 0 Å². The predicted molar refractivity (Wildman–Crippen MR) is 134 cm³/mol. The molecule has 4 aromatic carbocycles. The largest absolute Gasteiger partial charge is 0.309 e. The maximum Gasteiger partial charge on any atom is 0.0554 e. The number of halogens is 1. The van der Waals surface area contributed by atoms with Crippen molar-refractivity contribution in [1.29, 1.82) is 0 Å². The van der Waals surface area contributed by atoms with Gasteiger partial charge in [0, 0.05) is 40.2 Å². The van der Waals surface area contributed by atoms with E-state index in [2.05, 4.69) is 100.0 Å². The number of rotatable bonds is 1. The van der Waals surface area contributed by atoms with Crippen LogP contribution in [0.2, 0.25) is 0 Å². The maximum absolute atomic E-state index is 2.48. The minimum Gasteiger partial charge on any atom is -0.309 e. The molecule has 0 fully saturated rings. The van der Waals surface area contributed by atoms with Gasteiger partial charge in [-0.15, -0.1) is 11.3 Å². The number of thiophene rings is 1. The van der Waals surface area contributed by atoms with Crippen molar-refractivity contribution in [2.45, 2.75) is 12.8 Å². The Morgan fingerprint density at radius 3 is 2.48 bits per heavy atom. The summed E-state index contributed by atoms with van der Waals surface area (Å²) in [4.78, 5) is 0. The van der Waals surface area contributed by atoms with Crippen molar-refractivity contribution in [3.05, 3.63) is 87.5 Å². The Bertz CT molecular complexity index is 1620. The summed E-state index contributed by atoms with van der Waals surface area (Å²) in [5.41, 5.74) is 6.92. The van der Waals surface area contributed by atoms with E-state index in [0.29, 0.717) is 0 Å². The molecule has 1 aliphatic rings. The van der Waals surface area contributed by atoms with Gasteiger partial charge in [0.05, 0.1) is 11.0 Å². The molecule has 0 aliphatic heterocycles. The van der Waals surface area contributed by atoms with Gasteiger partial charge in [0.15, 0.2) is 0 Å². The summed E-state index contributed by atoms with van der Waals surface area (Å²) < 4.78 is 6.52. The van der Waals surface area contributed by atoms with Gasteiger partial charge in [-0.1, -0.05) is 30.3 Å². The van der Waals surface area contributed by atoms with E-state index in [-0.39, 0.29) is 0 Å². The van der Waals surface area contributed by atoms with Crippen molar-refractivity contribution >= 4 is 75.9 Å². The fourth-order valence-corrected chi connectivity index (χ4v) is 6.87. The van der Waals surface area contributed by atoms with E-state index in [4.69, 9.17) is 0 Å². The third-order valence-electron chi connectivity index (χ3n) is 6.31. The van der Waals surface area contributed by atoms with Crippen molar-refractivity contribution in [3.8, 4) is 5.69 Å². The van der Waals surface area contributed by atoms with Crippen LogP contribution in [-0.4, -0.2) is 4.57 Å². The van der Waals surface area contributed by atoms with E-state index in [0.717, 1.165) is 12.8 Å². The molecule has 3 heteroatoms. The summed E-state index contributed by atoms with van der Waals surface area (Å²) in [7, 11) is 0. The third kappa shape index (κ3) is 2.20. The van der Waals surface area contributed by atoms with Gasteiger partial charge < -0.3 is 4.57 Å². The standard InChI is InChI=1S/C26H16INS/c27-17-12-16-9-8-15-4-3-6-21-25(15)26(16)22(13-17)28(21)18-10-11-24-20(14-18)19-5-1-2-7-23(19)29-24/h1-7,10-14H,8-9H2.